The summed E-state index contributed by atoms with van der Waals surface area (Å²) in [6.45, 7) is 0.125. The van der Waals surface area contributed by atoms with Crippen molar-refractivity contribution in [1.29, 1.82) is 0 Å². The lowest BCUT2D eigenvalue weighted by Gasteiger charge is -2.23. The van der Waals surface area contributed by atoms with E-state index >= 15 is 0 Å². The summed E-state index contributed by atoms with van der Waals surface area (Å²) in [5.74, 6) is -0.342. The molecule has 0 radical (unpaired) electrons. The van der Waals surface area contributed by atoms with E-state index in [1.54, 1.807) is 48.5 Å². The predicted molar refractivity (Wildman–Crippen MR) is 136 cm³/mol. The van der Waals surface area contributed by atoms with E-state index in [2.05, 4.69) is 0 Å². The summed E-state index contributed by atoms with van der Waals surface area (Å²) in [6.07, 6.45) is 5.73. The lowest BCUT2D eigenvalue weighted by atomic mass is 9.83. The molecule has 184 valence electrons. The number of Topliss-reactive ketones (excluding diaryl/α,β-unsaturated/α-hetero) is 1. The first kappa shape index (κ1) is 23.9. The molecule has 0 bridgehead atoms. The summed E-state index contributed by atoms with van der Waals surface area (Å²) in [5, 5.41) is 22.5. The van der Waals surface area contributed by atoms with Crippen molar-refractivity contribution in [3.63, 3.8) is 0 Å². The molecule has 1 N–H and O–H groups in total. The van der Waals surface area contributed by atoms with Crippen LogP contribution < -0.4 is 4.90 Å². The zero-order valence-electron chi connectivity index (χ0n) is 19.9. The summed E-state index contributed by atoms with van der Waals surface area (Å²) in [6, 6.07) is 20.4. The number of amides is 1. The summed E-state index contributed by atoms with van der Waals surface area (Å²) in [7, 11) is 0. The monoisotopic (exact) mass is 484 g/mol. The number of fused-ring (bicyclic) bond motifs is 1. The Labute approximate surface area is 209 Å². The van der Waals surface area contributed by atoms with Gasteiger partial charge in [0, 0.05) is 23.3 Å². The molecule has 5 rings (SSSR count). The van der Waals surface area contributed by atoms with Gasteiger partial charge >= 0.3 is 0 Å². The number of benzene rings is 3. The molecule has 3 aromatic carbocycles. The highest BCUT2D eigenvalue weighted by atomic mass is 16.6. The number of hydrogen-bond donors (Lipinski definition) is 1. The van der Waals surface area contributed by atoms with Crippen molar-refractivity contribution in [2.24, 2.45) is 0 Å². The molecule has 1 aliphatic heterocycles. The number of carbonyl (C=O) groups is 2. The maximum atomic E-state index is 13.5. The number of ketones is 1. The van der Waals surface area contributed by atoms with Crippen LogP contribution in [0.25, 0.3) is 0 Å². The lowest BCUT2D eigenvalue weighted by Crippen LogP contribution is -2.41. The number of aliphatic hydroxyl groups is 1. The van der Waals surface area contributed by atoms with Gasteiger partial charge in [-0.05, 0) is 36.0 Å². The molecule has 1 amide bonds. The van der Waals surface area contributed by atoms with Gasteiger partial charge in [0.05, 0.1) is 23.6 Å². The van der Waals surface area contributed by atoms with Crippen molar-refractivity contribution in [3.8, 4) is 0 Å². The van der Waals surface area contributed by atoms with Gasteiger partial charge in [0.2, 0.25) is 0 Å². The fourth-order valence-corrected chi connectivity index (χ4v) is 5.45. The molecule has 36 heavy (non-hydrogen) atoms. The first-order valence-corrected chi connectivity index (χ1v) is 12.4. The van der Waals surface area contributed by atoms with E-state index in [-0.39, 0.29) is 24.4 Å². The third-order valence-electron chi connectivity index (χ3n) is 7.45. The van der Waals surface area contributed by atoms with E-state index in [0.29, 0.717) is 28.3 Å². The van der Waals surface area contributed by atoms with Crippen LogP contribution in [0.2, 0.25) is 0 Å². The molecule has 1 aliphatic carbocycles. The number of rotatable bonds is 7. The van der Waals surface area contributed by atoms with Gasteiger partial charge in [-0.15, -0.1) is 0 Å². The molecule has 1 fully saturated rings. The van der Waals surface area contributed by atoms with Gasteiger partial charge in [0.25, 0.3) is 11.6 Å². The number of nitro groups is 1. The van der Waals surface area contributed by atoms with Crippen molar-refractivity contribution >= 4 is 23.1 Å². The largest absolute Gasteiger partial charge is 0.375 e. The third kappa shape index (κ3) is 4.42. The molecule has 0 spiro atoms. The molecule has 0 unspecified atom stereocenters. The van der Waals surface area contributed by atoms with Gasteiger partial charge in [0.1, 0.15) is 0 Å². The lowest BCUT2D eigenvalue weighted by molar-refractivity contribution is -0.384. The van der Waals surface area contributed by atoms with Crippen LogP contribution in [0.15, 0.2) is 72.8 Å². The van der Waals surface area contributed by atoms with Crippen LogP contribution in [0.4, 0.5) is 11.4 Å². The number of carbonyl (C=O) groups excluding carboxylic acids is 2. The van der Waals surface area contributed by atoms with Crippen LogP contribution in [-0.2, 0) is 16.9 Å². The number of non-ortho nitro benzene ring substituents is 1. The summed E-state index contributed by atoms with van der Waals surface area (Å²) in [5.41, 5.74) is 1.30. The molecule has 1 atom stereocenters. The van der Waals surface area contributed by atoms with Crippen LogP contribution in [0.1, 0.15) is 71.5 Å². The van der Waals surface area contributed by atoms with Crippen LogP contribution in [-0.4, -0.2) is 21.7 Å². The zero-order valence-corrected chi connectivity index (χ0v) is 19.9. The fraction of sp³-hybridized carbons (Fsp3) is 0.310. The molecular formula is C29H28N2O5. The van der Waals surface area contributed by atoms with Gasteiger partial charge in [-0.3, -0.25) is 19.7 Å². The average Bonchev–Trinajstić information content (AvgIpc) is 3.11. The Balaban J connectivity index is 1.36. The Kier molecular flexibility index (Phi) is 6.41. The highest BCUT2D eigenvalue weighted by Gasteiger charge is 2.50. The Bertz CT molecular complexity index is 1300. The van der Waals surface area contributed by atoms with E-state index in [9.17, 15) is 24.8 Å². The second-order valence-corrected chi connectivity index (χ2v) is 9.75. The Morgan fingerprint density at radius 3 is 2.31 bits per heavy atom. The van der Waals surface area contributed by atoms with Crippen molar-refractivity contribution < 1.29 is 19.6 Å². The van der Waals surface area contributed by atoms with E-state index < -0.39 is 16.4 Å². The molecule has 7 nitrogen and oxygen atoms in total. The highest BCUT2D eigenvalue weighted by Crippen LogP contribution is 2.43. The van der Waals surface area contributed by atoms with Crippen molar-refractivity contribution in [3.05, 3.63) is 105 Å². The van der Waals surface area contributed by atoms with E-state index in [0.717, 1.165) is 0 Å². The van der Waals surface area contributed by atoms with Gasteiger partial charge in [-0.2, -0.15) is 0 Å². The maximum absolute atomic E-state index is 13.5. The summed E-state index contributed by atoms with van der Waals surface area (Å²) < 4.78 is 0. The molecule has 0 aromatic heterocycles. The number of nitro benzene ring substituents is 1. The first-order chi connectivity index (χ1) is 17.4. The smallest absolute Gasteiger partial charge is 0.269 e. The number of nitrogens with zero attached hydrogens (tertiary/aromatic N) is 2. The minimum atomic E-state index is -1.98. The van der Waals surface area contributed by atoms with E-state index in [1.165, 1.54) is 54.7 Å². The number of para-hydroxylation sites is 1. The second kappa shape index (κ2) is 9.66. The second-order valence-electron chi connectivity index (χ2n) is 9.75. The molecule has 7 heteroatoms. The topological polar surface area (TPSA) is 101 Å². The normalized spacial score (nSPS) is 19.8. The quantitative estimate of drug-likeness (QED) is 0.265. The average molecular weight is 485 g/mol. The predicted octanol–water partition coefficient (Wildman–Crippen LogP) is 5.65. The molecule has 3 aromatic rings. The zero-order chi connectivity index (χ0) is 25.3. The summed E-state index contributed by atoms with van der Waals surface area (Å²) >= 11 is 0. The standard InChI is InChI=1S/C29H28N2O5/c32-27(23-14-12-22(13-15-23)21-6-2-1-3-7-21)18-29(34)25-8-4-5-9-26(25)30(28(29)33)19-20-10-16-24(17-11-20)31(35)36/h4-5,8-17,21,34H,1-3,6-7,18-19H2/t29-/m1/s1. The molecule has 2 aliphatic rings. The number of hydrogen-bond acceptors (Lipinski definition) is 5. The van der Waals surface area contributed by atoms with Gasteiger partial charge in [-0.1, -0.05) is 73.9 Å². The van der Waals surface area contributed by atoms with Crippen molar-refractivity contribution in [1.82, 2.24) is 0 Å². The van der Waals surface area contributed by atoms with E-state index in [4.69, 9.17) is 0 Å². The fourth-order valence-electron chi connectivity index (χ4n) is 5.45. The Morgan fingerprint density at radius 1 is 0.972 bits per heavy atom. The Morgan fingerprint density at radius 2 is 1.64 bits per heavy atom. The highest BCUT2D eigenvalue weighted by molar-refractivity contribution is 6.10. The third-order valence-corrected chi connectivity index (χ3v) is 7.45. The molecule has 1 saturated carbocycles. The van der Waals surface area contributed by atoms with Crippen LogP contribution in [0, 0.1) is 10.1 Å². The van der Waals surface area contributed by atoms with Crippen LogP contribution >= 0.6 is 0 Å². The van der Waals surface area contributed by atoms with Crippen molar-refractivity contribution in [2.45, 2.75) is 56.6 Å². The van der Waals surface area contributed by atoms with Gasteiger partial charge < -0.3 is 10.0 Å². The van der Waals surface area contributed by atoms with Crippen LogP contribution in [0.3, 0.4) is 0 Å². The van der Waals surface area contributed by atoms with Gasteiger partial charge in [0.15, 0.2) is 11.4 Å². The number of anilines is 1. The Hall–Kier alpha value is -3.84. The molecule has 0 saturated heterocycles. The van der Waals surface area contributed by atoms with E-state index in [1.807, 2.05) is 12.1 Å². The summed E-state index contributed by atoms with van der Waals surface area (Å²) in [4.78, 5) is 38.6. The maximum Gasteiger partial charge on any atom is 0.269 e. The molecule has 1 heterocycles. The molecular weight excluding hydrogens is 456 g/mol. The first-order valence-electron chi connectivity index (χ1n) is 12.4. The minimum Gasteiger partial charge on any atom is -0.375 e. The van der Waals surface area contributed by atoms with Crippen molar-refractivity contribution in [2.75, 3.05) is 4.90 Å². The van der Waals surface area contributed by atoms with Crippen LogP contribution in [0.5, 0.6) is 0 Å². The minimum absolute atomic E-state index is 0.0384. The SMILES string of the molecule is O=C(C[C@]1(O)C(=O)N(Cc2ccc([N+](=O)[O-])cc2)c2ccccc21)c1ccc(C2CCCCC2)cc1. The van der Waals surface area contributed by atoms with Gasteiger partial charge in [-0.25, -0.2) is 0 Å².